The lowest BCUT2D eigenvalue weighted by atomic mass is 10.3. The SMILES string of the molecule is COc1cccc(F)c1NC(=O)NCC(F)(F)F. The molecule has 0 unspecified atom stereocenters. The van der Waals surface area contributed by atoms with E-state index in [1.807, 2.05) is 5.32 Å². The molecule has 0 aliphatic rings. The van der Waals surface area contributed by atoms with E-state index in [1.54, 1.807) is 5.32 Å². The van der Waals surface area contributed by atoms with Crippen molar-refractivity contribution in [1.82, 2.24) is 5.32 Å². The minimum absolute atomic E-state index is 0.0113. The van der Waals surface area contributed by atoms with Gasteiger partial charge in [-0.25, -0.2) is 9.18 Å². The molecule has 1 rings (SSSR count). The zero-order chi connectivity index (χ0) is 13.8. The van der Waals surface area contributed by atoms with E-state index < -0.39 is 24.6 Å². The van der Waals surface area contributed by atoms with Crippen LogP contribution < -0.4 is 15.4 Å². The van der Waals surface area contributed by atoms with E-state index in [9.17, 15) is 22.4 Å². The van der Waals surface area contributed by atoms with Gasteiger partial charge in [-0.1, -0.05) is 6.07 Å². The number of carbonyl (C=O) groups is 1. The van der Waals surface area contributed by atoms with Crippen LogP contribution in [0.2, 0.25) is 0 Å². The molecule has 0 heterocycles. The molecule has 0 aromatic heterocycles. The van der Waals surface area contributed by atoms with Crippen molar-refractivity contribution < 1.29 is 27.1 Å². The van der Waals surface area contributed by atoms with Gasteiger partial charge in [0.1, 0.15) is 18.0 Å². The second-order valence-electron chi connectivity index (χ2n) is 3.24. The van der Waals surface area contributed by atoms with Crippen molar-refractivity contribution in [3.05, 3.63) is 24.0 Å². The standard InChI is InChI=1S/C10H10F4N2O2/c1-18-7-4-2-3-6(11)8(7)16-9(17)15-5-10(12,13)14/h2-4H,5H2,1H3,(H2,15,16,17). The predicted molar refractivity (Wildman–Crippen MR) is 56.0 cm³/mol. The van der Waals surface area contributed by atoms with Crippen molar-refractivity contribution in [2.24, 2.45) is 0 Å². The van der Waals surface area contributed by atoms with E-state index in [-0.39, 0.29) is 11.4 Å². The van der Waals surface area contributed by atoms with Crippen LogP contribution in [0.15, 0.2) is 18.2 Å². The molecule has 0 atom stereocenters. The van der Waals surface area contributed by atoms with Crippen molar-refractivity contribution in [3.63, 3.8) is 0 Å². The quantitative estimate of drug-likeness (QED) is 0.826. The summed E-state index contributed by atoms with van der Waals surface area (Å²) in [5, 5.41) is 3.50. The van der Waals surface area contributed by atoms with Crippen LogP contribution in [0.25, 0.3) is 0 Å². The molecule has 0 saturated heterocycles. The van der Waals surface area contributed by atoms with Gasteiger partial charge in [0.2, 0.25) is 0 Å². The van der Waals surface area contributed by atoms with Gasteiger partial charge < -0.3 is 15.4 Å². The molecule has 8 heteroatoms. The first-order valence-electron chi connectivity index (χ1n) is 4.77. The normalized spacial score (nSPS) is 10.9. The third-order valence-electron chi connectivity index (χ3n) is 1.88. The van der Waals surface area contributed by atoms with E-state index in [4.69, 9.17) is 4.74 Å². The number of anilines is 1. The Balaban J connectivity index is 2.70. The Labute approximate surface area is 99.9 Å². The lowest BCUT2D eigenvalue weighted by molar-refractivity contribution is -0.122. The highest BCUT2D eigenvalue weighted by atomic mass is 19.4. The molecule has 0 bridgehead atoms. The van der Waals surface area contributed by atoms with Crippen molar-refractivity contribution >= 4 is 11.7 Å². The number of rotatable bonds is 3. The fourth-order valence-electron chi connectivity index (χ4n) is 1.13. The van der Waals surface area contributed by atoms with Crippen LogP contribution in [0.3, 0.4) is 0 Å². The van der Waals surface area contributed by atoms with Crippen LogP contribution in [0.5, 0.6) is 5.75 Å². The lowest BCUT2D eigenvalue weighted by Gasteiger charge is -2.12. The van der Waals surface area contributed by atoms with Gasteiger partial charge in [0.25, 0.3) is 0 Å². The van der Waals surface area contributed by atoms with Crippen LogP contribution in [0.4, 0.5) is 28.0 Å². The number of ether oxygens (including phenoxy) is 1. The Morgan fingerprint density at radius 3 is 2.61 bits per heavy atom. The second kappa shape index (κ2) is 5.56. The van der Waals surface area contributed by atoms with E-state index >= 15 is 0 Å². The number of carbonyl (C=O) groups excluding carboxylic acids is 1. The Kier molecular flexibility index (Phi) is 4.35. The molecule has 2 amide bonds. The third-order valence-corrected chi connectivity index (χ3v) is 1.88. The second-order valence-corrected chi connectivity index (χ2v) is 3.24. The first-order chi connectivity index (χ1) is 8.33. The summed E-state index contributed by atoms with van der Waals surface area (Å²) in [5.74, 6) is -0.798. The minimum atomic E-state index is -4.53. The Bertz CT molecular complexity index is 434. The highest BCUT2D eigenvalue weighted by Crippen LogP contribution is 2.26. The van der Waals surface area contributed by atoms with Gasteiger partial charge in [-0.3, -0.25) is 0 Å². The number of alkyl halides is 3. The highest BCUT2D eigenvalue weighted by Gasteiger charge is 2.28. The molecule has 0 aliphatic carbocycles. The zero-order valence-corrected chi connectivity index (χ0v) is 9.27. The monoisotopic (exact) mass is 266 g/mol. The molecule has 0 spiro atoms. The Morgan fingerprint density at radius 1 is 1.39 bits per heavy atom. The van der Waals surface area contributed by atoms with E-state index in [0.29, 0.717) is 0 Å². The fraction of sp³-hybridized carbons (Fsp3) is 0.300. The number of urea groups is 1. The van der Waals surface area contributed by atoms with Crippen molar-refractivity contribution in [3.8, 4) is 5.75 Å². The van der Waals surface area contributed by atoms with Crippen molar-refractivity contribution in [2.75, 3.05) is 19.0 Å². The fourth-order valence-corrected chi connectivity index (χ4v) is 1.13. The molecular weight excluding hydrogens is 256 g/mol. The summed E-state index contributed by atoms with van der Waals surface area (Å²) in [7, 11) is 1.24. The first kappa shape index (κ1) is 14.1. The number of halogens is 4. The minimum Gasteiger partial charge on any atom is -0.494 e. The topological polar surface area (TPSA) is 50.4 Å². The summed E-state index contributed by atoms with van der Waals surface area (Å²) in [6.07, 6.45) is -4.53. The summed E-state index contributed by atoms with van der Waals surface area (Å²) < 4.78 is 53.6. The van der Waals surface area contributed by atoms with Gasteiger partial charge >= 0.3 is 12.2 Å². The first-order valence-corrected chi connectivity index (χ1v) is 4.77. The molecule has 0 saturated carbocycles. The maximum atomic E-state index is 13.3. The molecule has 4 nitrogen and oxygen atoms in total. The summed E-state index contributed by atoms with van der Waals surface area (Å²) in [6, 6.07) is 2.58. The average Bonchev–Trinajstić information content (AvgIpc) is 2.28. The molecule has 0 aliphatic heterocycles. The van der Waals surface area contributed by atoms with Gasteiger partial charge in [-0.2, -0.15) is 13.2 Å². The van der Waals surface area contributed by atoms with Gasteiger partial charge in [0, 0.05) is 0 Å². The highest BCUT2D eigenvalue weighted by molar-refractivity contribution is 5.91. The number of benzene rings is 1. The number of para-hydroxylation sites is 1. The van der Waals surface area contributed by atoms with Gasteiger partial charge in [-0.15, -0.1) is 0 Å². The van der Waals surface area contributed by atoms with E-state index in [0.717, 1.165) is 6.07 Å². The molecule has 18 heavy (non-hydrogen) atoms. The van der Waals surface area contributed by atoms with Gasteiger partial charge in [0.15, 0.2) is 5.82 Å². The van der Waals surface area contributed by atoms with Crippen molar-refractivity contribution in [2.45, 2.75) is 6.18 Å². The van der Waals surface area contributed by atoms with Gasteiger partial charge in [0.05, 0.1) is 7.11 Å². The maximum Gasteiger partial charge on any atom is 0.405 e. The van der Waals surface area contributed by atoms with Crippen LogP contribution in [0, 0.1) is 5.82 Å². The molecule has 0 fully saturated rings. The number of nitrogens with one attached hydrogen (secondary N) is 2. The predicted octanol–water partition coefficient (Wildman–Crippen LogP) is 2.52. The van der Waals surface area contributed by atoms with Crippen LogP contribution in [0.1, 0.15) is 0 Å². The smallest absolute Gasteiger partial charge is 0.405 e. The number of amides is 2. The number of hydrogen-bond donors (Lipinski definition) is 2. The van der Waals surface area contributed by atoms with Crippen LogP contribution in [-0.4, -0.2) is 25.9 Å². The largest absolute Gasteiger partial charge is 0.494 e. The summed E-state index contributed by atoms with van der Waals surface area (Å²) in [6.45, 7) is -1.50. The van der Waals surface area contributed by atoms with Crippen LogP contribution >= 0.6 is 0 Å². The average molecular weight is 266 g/mol. The number of methoxy groups -OCH3 is 1. The number of hydrogen-bond acceptors (Lipinski definition) is 2. The molecular formula is C10H10F4N2O2. The lowest BCUT2D eigenvalue weighted by Crippen LogP contribution is -2.36. The van der Waals surface area contributed by atoms with Gasteiger partial charge in [-0.05, 0) is 12.1 Å². The molecule has 1 aromatic rings. The van der Waals surface area contributed by atoms with Crippen molar-refractivity contribution in [1.29, 1.82) is 0 Å². The van der Waals surface area contributed by atoms with E-state index in [2.05, 4.69) is 0 Å². The zero-order valence-electron chi connectivity index (χ0n) is 9.27. The Hall–Kier alpha value is -1.99. The summed E-state index contributed by atoms with van der Waals surface area (Å²) >= 11 is 0. The van der Waals surface area contributed by atoms with Crippen LogP contribution in [-0.2, 0) is 0 Å². The molecule has 2 N–H and O–H groups in total. The molecule has 1 aromatic carbocycles. The summed E-state index contributed by atoms with van der Waals surface area (Å²) in [5.41, 5.74) is -0.320. The maximum absolute atomic E-state index is 13.3. The third kappa shape index (κ3) is 4.11. The Morgan fingerprint density at radius 2 is 2.06 bits per heavy atom. The van der Waals surface area contributed by atoms with E-state index in [1.165, 1.54) is 19.2 Å². The summed E-state index contributed by atoms with van der Waals surface area (Å²) in [4.78, 5) is 11.1. The molecule has 100 valence electrons. The molecule has 0 radical (unpaired) electrons.